The number of rotatable bonds is 1. The number of halogens is 3. The summed E-state index contributed by atoms with van der Waals surface area (Å²) in [7, 11) is 0. The molecule has 0 aliphatic rings. The highest BCUT2D eigenvalue weighted by Crippen LogP contribution is 2.24. The summed E-state index contributed by atoms with van der Waals surface area (Å²) in [4.78, 5) is 0. The van der Waals surface area contributed by atoms with Crippen LogP contribution >= 0.6 is 0 Å². The zero-order chi connectivity index (χ0) is 9.30. The molecule has 0 amide bonds. The average molecular weight is 176 g/mol. The van der Waals surface area contributed by atoms with Crippen molar-refractivity contribution in [3.05, 3.63) is 29.1 Å². The Morgan fingerprint density at radius 1 is 1.25 bits per heavy atom. The Labute approximate surface area is 67.5 Å². The molecule has 1 rings (SSSR count). The average Bonchev–Trinajstić information content (AvgIpc) is 2.02. The standard InChI is InChI=1S/C8H7F3O/c1-2-4-7(10)5(9)3-6(12)8(4)11/h3,12H,2H2,1H3. The molecule has 0 saturated carbocycles. The van der Waals surface area contributed by atoms with E-state index in [2.05, 4.69) is 0 Å². The van der Waals surface area contributed by atoms with Crippen molar-refractivity contribution in [3.8, 4) is 5.75 Å². The van der Waals surface area contributed by atoms with Crippen molar-refractivity contribution in [1.82, 2.24) is 0 Å². The van der Waals surface area contributed by atoms with Crippen molar-refractivity contribution >= 4 is 0 Å². The molecular formula is C8H7F3O. The van der Waals surface area contributed by atoms with Crippen LogP contribution in [0.4, 0.5) is 13.2 Å². The first-order valence-electron chi connectivity index (χ1n) is 3.43. The van der Waals surface area contributed by atoms with Crippen LogP contribution in [0.5, 0.6) is 5.75 Å². The molecule has 4 heteroatoms. The van der Waals surface area contributed by atoms with Crippen molar-refractivity contribution < 1.29 is 18.3 Å². The lowest BCUT2D eigenvalue weighted by molar-refractivity contribution is 0.405. The SMILES string of the molecule is CCc1c(F)c(O)cc(F)c1F. The topological polar surface area (TPSA) is 20.2 Å². The molecule has 0 unspecified atom stereocenters. The number of benzene rings is 1. The maximum Gasteiger partial charge on any atom is 0.171 e. The molecule has 0 aromatic heterocycles. The van der Waals surface area contributed by atoms with Gasteiger partial charge in [0.15, 0.2) is 23.2 Å². The third-order valence-electron chi connectivity index (χ3n) is 1.58. The Hall–Kier alpha value is -1.19. The Bertz CT molecular complexity index is 283. The van der Waals surface area contributed by atoms with Gasteiger partial charge < -0.3 is 5.11 Å². The lowest BCUT2D eigenvalue weighted by Crippen LogP contribution is -1.97. The van der Waals surface area contributed by atoms with Crippen molar-refractivity contribution in [2.24, 2.45) is 0 Å². The van der Waals surface area contributed by atoms with Crippen LogP contribution in [0.3, 0.4) is 0 Å². The molecule has 0 aliphatic heterocycles. The maximum absolute atomic E-state index is 12.8. The molecule has 0 spiro atoms. The normalized spacial score (nSPS) is 10.3. The van der Waals surface area contributed by atoms with Crippen LogP contribution < -0.4 is 0 Å². The zero-order valence-corrected chi connectivity index (χ0v) is 6.37. The van der Waals surface area contributed by atoms with Crippen LogP contribution in [-0.4, -0.2) is 5.11 Å². The molecule has 1 aromatic carbocycles. The summed E-state index contributed by atoms with van der Waals surface area (Å²) >= 11 is 0. The molecule has 0 saturated heterocycles. The first-order valence-corrected chi connectivity index (χ1v) is 3.43. The predicted molar refractivity (Wildman–Crippen MR) is 37.4 cm³/mol. The number of hydrogen-bond acceptors (Lipinski definition) is 1. The lowest BCUT2D eigenvalue weighted by Gasteiger charge is -2.03. The summed E-state index contributed by atoms with van der Waals surface area (Å²) in [5.74, 6) is -4.40. The second-order valence-electron chi connectivity index (χ2n) is 2.34. The van der Waals surface area contributed by atoms with E-state index in [0.29, 0.717) is 6.07 Å². The molecule has 0 aliphatic carbocycles. The number of hydrogen-bond donors (Lipinski definition) is 1. The first kappa shape index (κ1) is 8.90. The first-order chi connectivity index (χ1) is 5.57. The third-order valence-corrected chi connectivity index (χ3v) is 1.58. The van der Waals surface area contributed by atoms with E-state index in [1.807, 2.05) is 0 Å². The molecule has 1 N–H and O–H groups in total. The molecule has 0 radical (unpaired) electrons. The van der Waals surface area contributed by atoms with Gasteiger partial charge in [0, 0.05) is 11.6 Å². The van der Waals surface area contributed by atoms with Crippen molar-refractivity contribution in [2.45, 2.75) is 13.3 Å². The lowest BCUT2D eigenvalue weighted by atomic mass is 10.1. The van der Waals surface area contributed by atoms with E-state index in [1.54, 1.807) is 0 Å². The fraction of sp³-hybridized carbons (Fsp3) is 0.250. The molecule has 1 aromatic rings. The summed E-state index contributed by atoms with van der Waals surface area (Å²) in [6, 6.07) is 0.420. The minimum absolute atomic E-state index is 0.00296. The summed E-state index contributed by atoms with van der Waals surface area (Å²) in [6.07, 6.45) is 0.00296. The Morgan fingerprint density at radius 2 is 1.83 bits per heavy atom. The highest BCUT2D eigenvalue weighted by molar-refractivity contribution is 5.32. The van der Waals surface area contributed by atoms with Crippen molar-refractivity contribution in [3.63, 3.8) is 0 Å². The smallest absolute Gasteiger partial charge is 0.171 e. The second-order valence-corrected chi connectivity index (χ2v) is 2.34. The van der Waals surface area contributed by atoms with E-state index in [4.69, 9.17) is 5.11 Å². The molecule has 0 heterocycles. The van der Waals surface area contributed by atoms with Gasteiger partial charge in [0.1, 0.15) is 0 Å². The zero-order valence-electron chi connectivity index (χ0n) is 6.37. The van der Waals surface area contributed by atoms with Crippen LogP contribution in [0.2, 0.25) is 0 Å². The Morgan fingerprint density at radius 3 is 2.33 bits per heavy atom. The molecule has 0 bridgehead atoms. The second kappa shape index (κ2) is 3.05. The summed E-state index contributed by atoms with van der Waals surface area (Å²) in [5, 5.41) is 8.75. The minimum atomic E-state index is -1.23. The third kappa shape index (κ3) is 1.24. The fourth-order valence-electron chi connectivity index (χ4n) is 0.952. The van der Waals surface area contributed by atoms with E-state index >= 15 is 0 Å². The van der Waals surface area contributed by atoms with Crippen LogP contribution in [-0.2, 0) is 6.42 Å². The van der Waals surface area contributed by atoms with E-state index in [0.717, 1.165) is 0 Å². The van der Waals surface area contributed by atoms with Crippen LogP contribution in [0.1, 0.15) is 12.5 Å². The number of phenols is 1. The van der Waals surface area contributed by atoms with Gasteiger partial charge in [0.2, 0.25) is 0 Å². The van der Waals surface area contributed by atoms with Gasteiger partial charge in [-0.25, -0.2) is 13.2 Å². The van der Waals surface area contributed by atoms with Crippen LogP contribution in [0, 0.1) is 17.5 Å². The van der Waals surface area contributed by atoms with E-state index in [9.17, 15) is 13.2 Å². The van der Waals surface area contributed by atoms with Crippen molar-refractivity contribution in [2.75, 3.05) is 0 Å². The molecule has 0 atom stereocenters. The van der Waals surface area contributed by atoms with E-state index in [1.165, 1.54) is 6.92 Å². The van der Waals surface area contributed by atoms with Gasteiger partial charge in [0.25, 0.3) is 0 Å². The van der Waals surface area contributed by atoms with Crippen LogP contribution in [0.15, 0.2) is 6.07 Å². The predicted octanol–water partition coefficient (Wildman–Crippen LogP) is 2.37. The van der Waals surface area contributed by atoms with E-state index < -0.39 is 28.8 Å². The van der Waals surface area contributed by atoms with E-state index in [-0.39, 0.29) is 6.42 Å². The summed E-state index contributed by atoms with van der Waals surface area (Å²) in [6.45, 7) is 1.47. The summed E-state index contributed by atoms with van der Waals surface area (Å²) in [5.41, 5.74) is -0.424. The van der Waals surface area contributed by atoms with Gasteiger partial charge in [-0.05, 0) is 6.42 Å². The molecule has 66 valence electrons. The number of phenolic OH excluding ortho intramolecular Hbond substituents is 1. The Balaban J connectivity index is 3.42. The number of aromatic hydroxyl groups is 1. The van der Waals surface area contributed by atoms with Crippen molar-refractivity contribution in [1.29, 1.82) is 0 Å². The molecule has 1 nitrogen and oxygen atoms in total. The largest absolute Gasteiger partial charge is 0.505 e. The highest BCUT2D eigenvalue weighted by Gasteiger charge is 2.16. The van der Waals surface area contributed by atoms with Gasteiger partial charge in [-0.15, -0.1) is 0 Å². The minimum Gasteiger partial charge on any atom is -0.505 e. The van der Waals surface area contributed by atoms with Gasteiger partial charge in [0.05, 0.1) is 0 Å². The quantitative estimate of drug-likeness (QED) is 0.651. The summed E-state index contributed by atoms with van der Waals surface area (Å²) < 4.78 is 38.0. The van der Waals surface area contributed by atoms with Gasteiger partial charge in [-0.3, -0.25) is 0 Å². The van der Waals surface area contributed by atoms with Gasteiger partial charge in [-0.2, -0.15) is 0 Å². The molecular weight excluding hydrogens is 169 g/mol. The van der Waals surface area contributed by atoms with Gasteiger partial charge in [-0.1, -0.05) is 6.92 Å². The van der Waals surface area contributed by atoms with Crippen LogP contribution in [0.25, 0.3) is 0 Å². The van der Waals surface area contributed by atoms with Gasteiger partial charge >= 0.3 is 0 Å². The highest BCUT2D eigenvalue weighted by atomic mass is 19.2. The molecule has 12 heavy (non-hydrogen) atoms. The maximum atomic E-state index is 12.8. The Kier molecular flexibility index (Phi) is 2.26. The molecule has 0 fully saturated rings. The monoisotopic (exact) mass is 176 g/mol. The fourth-order valence-corrected chi connectivity index (χ4v) is 0.952.